The molecule has 0 saturated heterocycles. The van der Waals surface area contributed by atoms with Crippen LogP contribution < -0.4 is 16.0 Å². The van der Waals surface area contributed by atoms with Gasteiger partial charge in [-0.05, 0) is 39.0 Å². The van der Waals surface area contributed by atoms with Crippen LogP contribution in [0.3, 0.4) is 0 Å². The first-order valence-electron chi connectivity index (χ1n) is 7.41. The van der Waals surface area contributed by atoms with Crippen molar-refractivity contribution in [3.05, 3.63) is 34.8 Å². The van der Waals surface area contributed by atoms with Crippen LogP contribution in [0.15, 0.2) is 24.3 Å². The molecule has 2 amide bonds. The van der Waals surface area contributed by atoms with Gasteiger partial charge in [-0.3, -0.25) is 9.59 Å². The first kappa shape index (κ1) is 17.9. The zero-order valence-corrected chi connectivity index (χ0v) is 14.5. The van der Waals surface area contributed by atoms with Crippen LogP contribution in [0.5, 0.6) is 0 Å². The molecule has 2 rings (SSSR count). The molecular weight excluding hydrogens is 328 g/mol. The highest BCUT2D eigenvalue weighted by molar-refractivity contribution is 7.15. The van der Waals surface area contributed by atoms with Crippen LogP contribution in [0.25, 0.3) is 0 Å². The van der Waals surface area contributed by atoms with Crippen molar-refractivity contribution < 1.29 is 14.7 Å². The van der Waals surface area contributed by atoms with Gasteiger partial charge in [0.05, 0.1) is 5.69 Å². The van der Waals surface area contributed by atoms with E-state index in [0.717, 1.165) is 10.6 Å². The summed E-state index contributed by atoms with van der Waals surface area (Å²) in [6.07, 6.45) is 0. The Morgan fingerprint density at radius 2 is 1.96 bits per heavy atom. The number of aliphatic hydroxyl groups excluding tert-OH is 1. The van der Waals surface area contributed by atoms with Crippen LogP contribution in [0.1, 0.15) is 17.5 Å². The third kappa shape index (κ3) is 4.77. The summed E-state index contributed by atoms with van der Waals surface area (Å²) in [4.78, 5) is 28.8. The van der Waals surface area contributed by atoms with Gasteiger partial charge in [0.15, 0.2) is 5.13 Å². The van der Waals surface area contributed by atoms with Crippen molar-refractivity contribution in [2.24, 2.45) is 0 Å². The number of carbonyl (C=O) groups excluding carboxylic acids is 2. The van der Waals surface area contributed by atoms with Gasteiger partial charge in [-0.25, -0.2) is 4.98 Å². The lowest BCUT2D eigenvalue weighted by Crippen LogP contribution is -2.31. The second-order valence-electron chi connectivity index (χ2n) is 5.30. The highest BCUT2D eigenvalue weighted by Crippen LogP contribution is 2.21. The molecule has 1 atom stereocenters. The van der Waals surface area contributed by atoms with Crippen molar-refractivity contribution in [1.82, 2.24) is 4.98 Å². The number of anilines is 3. The van der Waals surface area contributed by atoms with E-state index in [2.05, 4.69) is 20.9 Å². The van der Waals surface area contributed by atoms with Crippen molar-refractivity contribution in [2.45, 2.75) is 26.8 Å². The maximum Gasteiger partial charge on any atom is 0.250 e. The molecule has 0 aliphatic heterocycles. The van der Waals surface area contributed by atoms with E-state index in [0.29, 0.717) is 16.5 Å². The quantitative estimate of drug-likeness (QED) is 0.640. The molecule has 7 nitrogen and oxygen atoms in total. The first-order valence-corrected chi connectivity index (χ1v) is 8.23. The molecule has 1 aromatic heterocycles. The Labute approximate surface area is 144 Å². The second-order valence-corrected chi connectivity index (χ2v) is 6.51. The number of thiazole rings is 1. The predicted molar refractivity (Wildman–Crippen MR) is 95.5 cm³/mol. The summed E-state index contributed by atoms with van der Waals surface area (Å²) in [5.74, 6) is -0.694. The maximum absolute atomic E-state index is 12.2. The van der Waals surface area contributed by atoms with Crippen LogP contribution >= 0.6 is 11.3 Å². The topological polar surface area (TPSA) is 103 Å². The lowest BCUT2D eigenvalue weighted by molar-refractivity contribution is -0.119. The summed E-state index contributed by atoms with van der Waals surface area (Å²) in [7, 11) is 0. The van der Waals surface area contributed by atoms with Gasteiger partial charge >= 0.3 is 0 Å². The third-order valence-corrected chi connectivity index (χ3v) is 4.31. The molecule has 1 aromatic carbocycles. The van der Waals surface area contributed by atoms with Crippen molar-refractivity contribution in [2.75, 3.05) is 22.6 Å². The highest BCUT2D eigenvalue weighted by Gasteiger charge is 2.15. The van der Waals surface area contributed by atoms with Gasteiger partial charge < -0.3 is 21.1 Å². The summed E-state index contributed by atoms with van der Waals surface area (Å²) < 4.78 is 0. The highest BCUT2D eigenvalue weighted by atomic mass is 32.1. The Balaban J connectivity index is 1.98. The number of aromatic nitrogens is 1. The molecule has 128 valence electrons. The Hall–Kier alpha value is -2.45. The van der Waals surface area contributed by atoms with E-state index in [1.165, 1.54) is 11.3 Å². The summed E-state index contributed by atoms with van der Waals surface area (Å²) in [6, 6.07) is 6.43. The smallest absolute Gasteiger partial charge is 0.250 e. The molecule has 0 unspecified atom stereocenters. The number of hydrogen-bond acceptors (Lipinski definition) is 6. The Morgan fingerprint density at radius 3 is 2.58 bits per heavy atom. The molecule has 0 fully saturated rings. The second kappa shape index (κ2) is 7.89. The third-order valence-electron chi connectivity index (χ3n) is 3.33. The summed E-state index contributed by atoms with van der Waals surface area (Å²) in [6.45, 7) is 5.01. The monoisotopic (exact) mass is 348 g/mol. The number of nitrogens with zero attached hydrogens (tertiary/aromatic N) is 1. The molecule has 0 spiro atoms. The molecular formula is C16H20N4O3S. The van der Waals surface area contributed by atoms with Gasteiger partial charge in [0.2, 0.25) is 11.8 Å². The van der Waals surface area contributed by atoms with Crippen LogP contribution in [-0.4, -0.2) is 34.6 Å². The standard InChI is InChI=1S/C16H20N4O3S/c1-9-11(3)24-16(18-9)20-15(23)10(2)17-12-5-4-6-13(7-12)19-14(22)8-21/h4-7,10,17,21H,8H2,1-3H3,(H,19,22)(H,18,20,23)/t10-/m1/s1. The SMILES string of the molecule is Cc1nc(NC(=O)[C@@H](C)Nc2cccc(NC(=O)CO)c2)sc1C. The molecule has 0 aliphatic rings. The van der Waals surface area contributed by atoms with E-state index in [1.807, 2.05) is 13.8 Å². The number of rotatable bonds is 6. The first-order chi connectivity index (χ1) is 11.4. The number of nitrogens with one attached hydrogen (secondary N) is 3. The van der Waals surface area contributed by atoms with Gasteiger partial charge in [0.1, 0.15) is 12.6 Å². The minimum Gasteiger partial charge on any atom is -0.387 e. The molecule has 0 radical (unpaired) electrons. The van der Waals surface area contributed by atoms with E-state index >= 15 is 0 Å². The molecule has 2 aromatic rings. The maximum atomic E-state index is 12.2. The number of amides is 2. The van der Waals surface area contributed by atoms with Gasteiger partial charge in [0.25, 0.3) is 0 Å². The van der Waals surface area contributed by atoms with E-state index < -0.39 is 18.6 Å². The average Bonchev–Trinajstić information content (AvgIpc) is 2.85. The Bertz CT molecular complexity index is 725. The number of hydrogen-bond donors (Lipinski definition) is 4. The largest absolute Gasteiger partial charge is 0.387 e. The summed E-state index contributed by atoms with van der Waals surface area (Å²) in [5.41, 5.74) is 2.13. The molecule has 0 aliphatic carbocycles. The number of carbonyl (C=O) groups is 2. The minimum absolute atomic E-state index is 0.200. The van der Waals surface area contributed by atoms with Gasteiger partial charge in [0, 0.05) is 16.3 Å². The lowest BCUT2D eigenvalue weighted by atomic mass is 10.2. The van der Waals surface area contributed by atoms with Crippen LogP contribution in [0, 0.1) is 13.8 Å². The molecule has 0 saturated carbocycles. The zero-order chi connectivity index (χ0) is 17.7. The normalized spacial score (nSPS) is 11.7. The van der Waals surface area contributed by atoms with Crippen molar-refractivity contribution in [1.29, 1.82) is 0 Å². The molecule has 24 heavy (non-hydrogen) atoms. The Morgan fingerprint density at radius 1 is 1.25 bits per heavy atom. The van der Waals surface area contributed by atoms with Crippen LogP contribution in [0.4, 0.5) is 16.5 Å². The van der Waals surface area contributed by atoms with Gasteiger partial charge in [-0.15, -0.1) is 11.3 Å². The van der Waals surface area contributed by atoms with Crippen molar-refractivity contribution in [3.63, 3.8) is 0 Å². The number of aryl methyl sites for hydroxylation is 2. The predicted octanol–water partition coefficient (Wildman–Crippen LogP) is 2.13. The fraction of sp³-hybridized carbons (Fsp3) is 0.312. The van der Waals surface area contributed by atoms with E-state index in [9.17, 15) is 9.59 Å². The number of aliphatic hydroxyl groups is 1. The molecule has 1 heterocycles. The zero-order valence-electron chi connectivity index (χ0n) is 13.7. The van der Waals surface area contributed by atoms with E-state index in [1.54, 1.807) is 31.2 Å². The van der Waals surface area contributed by atoms with E-state index in [-0.39, 0.29) is 5.91 Å². The van der Waals surface area contributed by atoms with Gasteiger partial charge in [-0.1, -0.05) is 6.07 Å². The average molecular weight is 348 g/mol. The molecule has 4 N–H and O–H groups in total. The molecule has 8 heteroatoms. The summed E-state index contributed by atoms with van der Waals surface area (Å²) >= 11 is 1.44. The van der Waals surface area contributed by atoms with Crippen LogP contribution in [0.2, 0.25) is 0 Å². The lowest BCUT2D eigenvalue weighted by Gasteiger charge is -2.15. The fourth-order valence-electron chi connectivity index (χ4n) is 1.94. The Kier molecular flexibility index (Phi) is 5.88. The fourth-order valence-corrected chi connectivity index (χ4v) is 2.76. The minimum atomic E-state index is -0.580. The van der Waals surface area contributed by atoms with Gasteiger partial charge in [-0.2, -0.15) is 0 Å². The number of benzene rings is 1. The van der Waals surface area contributed by atoms with Crippen LogP contribution in [-0.2, 0) is 9.59 Å². The van der Waals surface area contributed by atoms with Crippen molar-refractivity contribution in [3.8, 4) is 0 Å². The van der Waals surface area contributed by atoms with E-state index in [4.69, 9.17) is 5.11 Å². The van der Waals surface area contributed by atoms with Crippen molar-refractivity contribution >= 4 is 39.7 Å². The summed E-state index contributed by atoms with van der Waals surface area (Å²) in [5, 5.41) is 17.7. The molecule has 0 bridgehead atoms.